The Hall–Kier alpha value is -1.39. The summed E-state index contributed by atoms with van der Waals surface area (Å²) in [6, 6.07) is 10.4. The molecule has 114 valence electrons. The van der Waals surface area contributed by atoms with Crippen LogP contribution in [0.4, 0.5) is 5.13 Å². The van der Waals surface area contributed by atoms with Gasteiger partial charge in [-0.2, -0.15) is 0 Å². The summed E-state index contributed by atoms with van der Waals surface area (Å²) in [4.78, 5) is 8.46. The minimum atomic E-state index is 0.720. The van der Waals surface area contributed by atoms with Gasteiger partial charge in [0.25, 0.3) is 0 Å². The molecule has 0 unspecified atom stereocenters. The fourth-order valence-electron chi connectivity index (χ4n) is 2.15. The van der Waals surface area contributed by atoms with E-state index >= 15 is 0 Å². The number of hydrogen-bond acceptors (Lipinski definition) is 4. The van der Waals surface area contributed by atoms with Crippen molar-refractivity contribution in [2.45, 2.75) is 26.8 Å². The molecule has 21 heavy (non-hydrogen) atoms. The molecule has 2 rings (SSSR count). The van der Waals surface area contributed by atoms with Gasteiger partial charge >= 0.3 is 0 Å². The molecule has 0 saturated carbocycles. The van der Waals surface area contributed by atoms with Crippen molar-refractivity contribution in [2.75, 3.05) is 25.5 Å². The summed E-state index contributed by atoms with van der Waals surface area (Å²) in [6.45, 7) is 6.44. The first-order chi connectivity index (χ1) is 10.1. The Labute approximate surface area is 132 Å². The molecule has 0 radical (unpaired) electrons. The molecule has 0 aliphatic heterocycles. The van der Waals surface area contributed by atoms with Crippen LogP contribution in [0.5, 0.6) is 0 Å². The topological polar surface area (TPSA) is 28.2 Å². The SMILES string of the molecule is CNCc1sc(N(C)CCC(C)C)nc1-c1ccccc1. The third-order valence-corrected chi connectivity index (χ3v) is 4.61. The van der Waals surface area contributed by atoms with Crippen LogP contribution < -0.4 is 10.2 Å². The van der Waals surface area contributed by atoms with Gasteiger partial charge < -0.3 is 10.2 Å². The largest absolute Gasteiger partial charge is 0.351 e. The second kappa shape index (κ2) is 7.57. The highest BCUT2D eigenvalue weighted by Gasteiger charge is 2.15. The monoisotopic (exact) mass is 303 g/mol. The lowest BCUT2D eigenvalue weighted by molar-refractivity contribution is 0.585. The predicted molar refractivity (Wildman–Crippen MR) is 93.0 cm³/mol. The van der Waals surface area contributed by atoms with Gasteiger partial charge in [0.1, 0.15) is 0 Å². The maximum atomic E-state index is 4.88. The van der Waals surface area contributed by atoms with E-state index in [-0.39, 0.29) is 0 Å². The van der Waals surface area contributed by atoms with Gasteiger partial charge in [-0.1, -0.05) is 55.5 Å². The van der Waals surface area contributed by atoms with Gasteiger partial charge in [-0.15, -0.1) is 0 Å². The van der Waals surface area contributed by atoms with E-state index in [1.807, 2.05) is 13.1 Å². The second-order valence-electron chi connectivity index (χ2n) is 5.77. The van der Waals surface area contributed by atoms with Crippen molar-refractivity contribution in [1.82, 2.24) is 10.3 Å². The molecule has 0 bridgehead atoms. The fraction of sp³-hybridized carbons (Fsp3) is 0.471. The van der Waals surface area contributed by atoms with Gasteiger partial charge in [0, 0.05) is 30.6 Å². The quantitative estimate of drug-likeness (QED) is 0.837. The van der Waals surface area contributed by atoms with Gasteiger partial charge in [-0.3, -0.25) is 0 Å². The number of nitrogens with one attached hydrogen (secondary N) is 1. The standard InChI is InChI=1S/C17H25N3S/c1-13(2)10-11-20(4)17-19-16(15(21-17)12-18-3)14-8-6-5-7-9-14/h5-9,13,18H,10-12H2,1-4H3. The lowest BCUT2D eigenvalue weighted by atomic mass is 10.1. The molecule has 2 aromatic rings. The summed E-state index contributed by atoms with van der Waals surface area (Å²) in [7, 11) is 4.12. The number of rotatable bonds is 7. The first-order valence-corrected chi connectivity index (χ1v) is 8.34. The van der Waals surface area contributed by atoms with Crippen LogP contribution in [-0.2, 0) is 6.54 Å². The molecule has 3 nitrogen and oxygen atoms in total. The van der Waals surface area contributed by atoms with Gasteiger partial charge in [-0.05, 0) is 19.4 Å². The van der Waals surface area contributed by atoms with Crippen molar-refractivity contribution in [3.8, 4) is 11.3 Å². The number of hydrogen-bond donors (Lipinski definition) is 1. The minimum Gasteiger partial charge on any atom is -0.351 e. The van der Waals surface area contributed by atoms with E-state index in [9.17, 15) is 0 Å². The van der Waals surface area contributed by atoms with Crippen molar-refractivity contribution in [1.29, 1.82) is 0 Å². The zero-order valence-electron chi connectivity index (χ0n) is 13.4. The average molecular weight is 303 g/mol. The number of anilines is 1. The number of benzene rings is 1. The number of nitrogens with zero attached hydrogens (tertiary/aromatic N) is 2. The van der Waals surface area contributed by atoms with Crippen LogP contribution in [0.1, 0.15) is 25.1 Å². The summed E-state index contributed by atoms with van der Waals surface area (Å²) in [5, 5.41) is 4.36. The smallest absolute Gasteiger partial charge is 0.185 e. The third-order valence-electron chi connectivity index (χ3n) is 3.44. The van der Waals surface area contributed by atoms with E-state index in [4.69, 9.17) is 4.98 Å². The molecule has 0 fully saturated rings. The van der Waals surface area contributed by atoms with Crippen LogP contribution >= 0.6 is 11.3 Å². The zero-order valence-corrected chi connectivity index (χ0v) is 14.2. The molecule has 1 aromatic heterocycles. The lowest BCUT2D eigenvalue weighted by Gasteiger charge is -2.16. The Balaban J connectivity index is 2.24. The van der Waals surface area contributed by atoms with E-state index in [2.05, 4.69) is 55.4 Å². The second-order valence-corrected chi connectivity index (χ2v) is 6.83. The first kappa shape index (κ1) is 16.0. The number of aromatic nitrogens is 1. The van der Waals surface area contributed by atoms with Gasteiger partial charge in [-0.25, -0.2) is 4.98 Å². The van der Waals surface area contributed by atoms with Crippen LogP contribution in [-0.4, -0.2) is 25.6 Å². The molecule has 0 spiro atoms. The molecule has 0 aliphatic rings. The van der Waals surface area contributed by atoms with E-state index in [1.165, 1.54) is 16.9 Å². The Morgan fingerprint density at radius 2 is 1.95 bits per heavy atom. The van der Waals surface area contributed by atoms with Crippen molar-refractivity contribution in [3.05, 3.63) is 35.2 Å². The van der Waals surface area contributed by atoms with Crippen LogP contribution in [0.2, 0.25) is 0 Å². The van der Waals surface area contributed by atoms with Crippen LogP contribution in [0.25, 0.3) is 11.3 Å². The highest BCUT2D eigenvalue weighted by Crippen LogP contribution is 2.32. The Morgan fingerprint density at radius 3 is 2.57 bits per heavy atom. The summed E-state index contributed by atoms with van der Waals surface area (Å²) in [6.07, 6.45) is 1.19. The summed E-state index contributed by atoms with van der Waals surface area (Å²) in [5.41, 5.74) is 2.31. The minimum absolute atomic E-state index is 0.720. The number of thiazole rings is 1. The predicted octanol–water partition coefficient (Wildman–Crippen LogP) is 4.01. The molecule has 0 saturated heterocycles. The Bertz CT molecular complexity index is 548. The van der Waals surface area contributed by atoms with Crippen LogP contribution in [0.3, 0.4) is 0 Å². The molecule has 0 aliphatic carbocycles. The van der Waals surface area contributed by atoms with Crippen LogP contribution in [0.15, 0.2) is 30.3 Å². The third kappa shape index (κ3) is 4.29. The normalized spacial score (nSPS) is 11.1. The van der Waals surface area contributed by atoms with Crippen LogP contribution in [0, 0.1) is 5.92 Å². The lowest BCUT2D eigenvalue weighted by Crippen LogP contribution is -2.19. The molecule has 0 atom stereocenters. The van der Waals surface area contributed by atoms with E-state index in [0.29, 0.717) is 0 Å². The Morgan fingerprint density at radius 1 is 1.24 bits per heavy atom. The average Bonchev–Trinajstić information content (AvgIpc) is 2.90. The van der Waals surface area contributed by atoms with Crippen molar-refractivity contribution >= 4 is 16.5 Å². The molecule has 1 aromatic carbocycles. The van der Waals surface area contributed by atoms with E-state index in [1.54, 1.807) is 11.3 Å². The molecule has 4 heteroatoms. The van der Waals surface area contributed by atoms with Gasteiger partial charge in [0.2, 0.25) is 0 Å². The summed E-state index contributed by atoms with van der Waals surface area (Å²) >= 11 is 1.79. The Kier molecular flexibility index (Phi) is 5.76. The highest BCUT2D eigenvalue weighted by molar-refractivity contribution is 7.16. The van der Waals surface area contributed by atoms with Crippen molar-refractivity contribution in [3.63, 3.8) is 0 Å². The molecular weight excluding hydrogens is 278 g/mol. The van der Waals surface area contributed by atoms with E-state index < -0.39 is 0 Å². The molecule has 0 amide bonds. The summed E-state index contributed by atoms with van der Waals surface area (Å²) in [5.74, 6) is 0.720. The zero-order chi connectivity index (χ0) is 15.2. The molecule has 1 N–H and O–H groups in total. The highest BCUT2D eigenvalue weighted by atomic mass is 32.1. The van der Waals surface area contributed by atoms with E-state index in [0.717, 1.165) is 29.8 Å². The summed E-state index contributed by atoms with van der Waals surface area (Å²) < 4.78 is 0. The van der Waals surface area contributed by atoms with Gasteiger partial charge in [0.15, 0.2) is 5.13 Å². The maximum Gasteiger partial charge on any atom is 0.185 e. The van der Waals surface area contributed by atoms with Crippen molar-refractivity contribution in [2.24, 2.45) is 5.92 Å². The van der Waals surface area contributed by atoms with Gasteiger partial charge in [0.05, 0.1) is 5.69 Å². The first-order valence-electron chi connectivity index (χ1n) is 7.52. The molecule has 1 heterocycles. The molecular formula is C17H25N3S. The fourth-order valence-corrected chi connectivity index (χ4v) is 3.23. The van der Waals surface area contributed by atoms with Crippen molar-refractivity contribution < 1.29 is 0 Å². The maximum absolute atomic E-state index is 4.88.